The smallest absolute Gasteiger partial charge is 0.0466 e. The van der Waals surface area contributed by atoms with Crippen LogP contribution < -0.4 is 0 Å². The molecule has 1 nitrogen and oxygen atoms in total. The summed E-state index contributed by atoms with van der Waals surface area (Å²) in [6.07, 6.45) is 6.95. The van der Waals surface area contributed by atoms with Gasteiger partial charge in [0, 0.05) is 13.2 Å². The highest BCUT2D eigenvalue weighted by Crippen LogP contribution is 2.36. The molecule has 2 unspecified atom stereocenters. The second kappa shape index (κ2) is 8.46. The van der Waals surface area contributed by atoms with Crippen molar-refractivity contribution in [1.29, 1.82) is 0 Å². The van der Waals surface area contributed by atoms with Crippen LogP contribution in [0, 0.1) is 11.8 Å². The standard InChI is InChI=1S/C5H10.C4H8O.C4H8S/c1-4-3-5(4)2;2*1-2-4-5-3-1/h4-5H,3H2,1-2H3;2*1-4H2. The van der Waals surface area contributed by atoms with Crippen molar-refractivity contribution >= 4 is 11.8 Å². The minimum atomic E-state index is 1.00. The Bertz CT molecular complexity index is 110. The van der Waals surface area contributed by atoms with Crippen LogP contribution in [0.15, 0.2) is 0 Å². The number of hydrogen-bond donors (Lipinski definition) is 0. The Morgan fingerprint density at radius 2 is 1.33 bits per heavy atom. The molecule has 0 aromatic heterocycles. The molecule has 90 valence electrons. The topological polar surface area (TPSA) is 9.23 Å². The van der Waals surface area contributed by atoms with Gasteiger partial charge in [-0.15, -0.1) is 0 Å². The fraction of sp³-hybridized carbons (Fsp3) is 1.00. The average Bonchev–Trinajstić information content (AvgIpc) is 2.90. The Kier molecular flexibility index (Phi) is 7.54. The van der Waals surface area contributed by atoms with Gasteiger partial charge < -0.3 is 4.74 Å². The summed E-state index contributed by atoms with van der Waals surface area (Å²) in [5.41, 5.74) is 0. The van der Waals surface area contributed by atoms with Crippen LogP contribution in [0.1, 0.15) is 46.0 Å². The van der Waals surface area contributed by atoms with E-state index in [0.29, 0.717) is 0 Å². The molecule has 15 heavy (non-hydrogen) atoms. The third kappa shape index (κ3) is 8.15. The minimum Gasteiger partial charge on any atom is -0.381 e. The van der Waals surface area contributed by atoms with Crippen molar-refractivity contribution in [2.75, 3.05) is 24.7 Å². The van der Waals surface area contributed by atoms with E-state index in [0.717, 1.165) is 25.0 Å². The summed E-state index contributed by atoms with van der Waals surface area (Å²) >= 11 is 2.07. The number of ether oxygens (including phenoxy) is 1. The Morgan fingerprint density at radius 3 is 1.47 bits per heavy atom. The van der Waals surface area contributed by atoms with Crippen LogP contribution in [0.5, 0.6) is 0 Å². The summed E-state index contributed by atoms with van der Waals surface area (Å²) in [7, 11) is 0. The Balaban J connectivity index is 0.000000112. The molecule has 0 N–H and O–H groups in total. The molecule has 2 heteroatoms. The largest absolute Gasteiger partial charge is 0.381 e. The Hall–Kier alpha value is 0.310. The summed E-state index contributed by atoms with van der Waals surface area (Å²) in [5, 5.41) is 0. The maximum atomic E-state index is 4.94. The van der Waals surface area contributed by atoms with Gasteiger partial charge in [0.25, 0.3) is 0 Å². The van der Waals surface area contributed by atoms with Crippen LogP contribution in [0.25, 0.3) is 0 Å². The fourth-order valence-corrected chi connectivity index (χ4v) is 2.55. The highest BCUT2D eigenvalue weighted by Gasteiger charge is 2.26. The molecule has 3 aliphatic rings. The predicted molar refractivity (Wildman–Crippen MR) is 69.6 cm³/mol. The SMILES string of the molecule is C1CCOC1.C1CCSC1.CC1CC1C. The predicted octanol–water partition coefficient (Wildman–Crippen LogP) is 3.97. The zero-order valence-corrected chi connectivity index (χ0v) is 11.2. The summed E-state index contributed by atoms with van der Waals surface area (Å²) < 4.78 is 4.94. The Labute approximate surface area is 99.3 Å². The highest BCUT2D eigenvalue weighted by molar-refractivity contribution is 7.99. The summed E-state index contributed by atoms with van der Waals surface area (Å²) in [5.74, 6) is 4.94. The third-order valence-corrected chi connectivity index (χ3v) is 4.32. The lowest BCUT2D eigenvalue weighted by Gasteiger charge is -1.76. The van der Waals surface area contributed by atoms with Crippen molar-refractivity contribution in [2.45, 2.75) is 46.0 Å². The van der Waals surface area contributed by atoms with E-state index in [-0.39, 0.29) is 0 Å². The lowest BCUT2D eigenvalue weighted by molar-refractivity contribution is 0.198. The summed E-state index contributed by atoms with van der Waals surface area (Å²) in [6, 6.07) is 0. The van der Waals surface area contributed by atoms with Gasteiger partial charge in [0.05, 0.1) is 0 Å². The average molecular weight is 230 g/mol. The van der Waals surface area contributed by atoms with Crippen LogP contribution in [0.4, 0.5) is 0 Å². The molecule has 1 aliphatic carbocycles. The van der Waals surface area contributed by atoms with E-state index in [2.05, 4.69) is 25.6 Å². The zero-order valence-electron chi connectivity index (χ0n) is 10.3. The van der Waals surface area contributed by atoms with Crippen molar-refractivity contribution in [3.05, 3.63) is 0 Å². The van der Waals surface area contributed by atoms with Crippen molar-refractivity contribution in [1.82, 2.24) is 0 Å². The Morgan fingerprint density at radius 1 is 0.867 bits per heavy atom. The zero-order chi connectivity index (χ0) is 10.9. The van der Waals surface area contributed by atoms with E-state index >= 15 is 0 Å². The molecule has 3 rings (SSSR count). The summed E-state index contributed by atoms with van der Waals surface area (Å²) in [4.78, 5) is 0. The number of rotatable bonds is 0. The van der Waals surface area contributed by atoms with Gasteiger partial charge in [-0.1, -0.05) is 13.8 Å². The first-order valence-electron chi connectivity index (χ1n) is 6.46. The second-order valence-corrected chi connectivity index (χ2v) is 6.05. The first-order valence-corrected chi connectivity index (χ1v) is 7.61. The van der Waals surface area contributed by atoms with Crippen molar-refractivity contribution < 1.29 is 4.74 Å². The molecule has 2 saturated heterocycles. The monoisotopic (exact) mass is 230 g/mol. The van der Waals surface area contributed by atoms with Gasteiger partial charge in [-0.25, -0.2) is 0 Å². The number of hydrogen-bond acceptors (Lipinski definition) is 2. The van der Waals surface area contributed by atoms with Crippen LogP contribution in [-0.4, -0.2) is 24.7 Å². The molecular weight excluding hydrogens is 204 g/mol. The maximum Gasteiger partial charge on any atom is 0.0466 e. The van der Waals surface area contributed by atoms with E-state index in [4.69, 9.17) is 4.74 Å². The van der Waals surface area contributed by atoms with Crippen molar-refractivity contribution in [2.24, 2.45) is 11.8 Å². The van der Waals surface area contributed by atoms with E-state index < -0.39 is 0 Å². The van der Waals surface area contributed by atoms with E-state index in [1.165, 1.54) is 43.6 Å². The van der Waals surface area contributed by atoms with Gasteiger partial charge in [0.1, 0.15) is 0 Å². The molecular formula is C13H26OS. The minimum absolute atomic E-state index is 1.00. The van der Waals surface area contributed by atoms with Gasteiger partial charge >= 0.3 is 0 Å². The highest BCUT2D eigenvalue weighted by atomic mass is 32.2. The molecule has 0 aromatic carbocycles. The van der Waals surface area contributed by atoms with Gasteiger partial charge in [-0.3, -0.25) is 0 Å². The van der Waals surface area contributed by atoms with E-state index in [1.54, 1.807) is 0 Å². The lowest BCUT2D eigenvalue weighted by atomic mass is 10.4. The van der Waals surface area contributed by atoms with E-state index in [1.807, 2.05) is 0 Å². The van der Waals surface area contributed by atoms with Gasteiger partial charge in [-0.05, 0) is 55.4 Å². The molecule has 2 aliphatic heterocycles. The van der Waals surface area contributed by atoms with Crippen molar-refractivity contribution in [3.63, 3.8) is 0 Å². The van der Waals surface area contributed by atoms with Crippen LogP contribution >= 0.6 is 11.8 Å². The molecule has 3 fully saturated rings. The van der Waals surface area contributed by atoms with Crippen LogP contribution in [0.2, 0.25) is 0 Å². The van der Waals surface area contributed by atoms with E-state index in [9.17, 15) is 0 Å². The first kappa shape index (κ1) is 13.4. The lowest BCUT2D eigenvalue weighted by Crippen LogP contribution is -1.74. The molecule has 2 heterocycles. The molecule has 0 amide bonds. The maximum absolute atomic E-state index is 4.94. The fourth-order valence-electron chi connectivity index (χ4n) is 1.53. The van der Waals surface area contributed by atoms with Gasteiger partial charge in [0.15, 0.2) is 0 Å². The molecule has 0 aromatic rings. The second-order valence-electron chi connectivity index (χ2n) is 4.83. The molecule has 2 atom stereocenters. The molecule has 0 bridgehead atoms. The molecule has 1 saturated carbocycles. The van der Waals surface area contributed by atoms with Crippen LogP contribution in [0.3, 0.4) is 0 Å². The van der Waals surface area contributed by atoms with Crippen molar-refractivity contribution in [3.8, 4) is 0 Å². The third-order valence-electron chi connectivity index (χ3n) is 3.17. The normalized spacial score (nSPS) is 32.4. The molecule has 0 spiro atoms. The first-order chi connectivity index (χ1) is 7.30. The van der Waals surface area contributed by atoms with Gasteiger partial charge in [-0.2, -0.15) is 11.8 Å². The molecule has 0 radical (unpaired) electrons. The number of thioether (sulfide) groups is 1. The van der Waals surface area contributed by atoms with Gasteiger partial charge in [0.2, 0.25) is 0 Å². The summed E-state index contributed by atoms with van der Waals surface area (Å²) in [6.45, 7) is 6.59. The quantitative estimate of drug-likeness (QED) is 0.622. The van der Waals surface area contributed by atoms with Crippen LogP contribution in [-0.2, 0) is 4.74 Å².